The number of carboxylic acids is 1. The number of aliphatic hydroxyl groups is 1. The van der Waals surface area contributed by atoms with Crippen LogP contribution in [0.5, 0.6) is 0 Å². The first kappa shape index (κ1) is 13.0. The van der Waals surface area contributed by atoms with E-state index in [0.29, 0.717) is 4.88 Å². The van der Waals surface area contributed by atoms with E-state index in [0.717, 1.165) is 10.4 Å². The lowest BCUT2D eigenvalue weighted by molar-refractivity contribution is -0.141. The second kappa shape index (κ2) is 4.70. The number of rotatable bonds is 2. The molecule has 2 atom stereocenters. The lowest BCUT2D eigenvalue weighted by Gasteiger charge is -2.20. The zero-order chi connectivity index (χ0) is 13.4. The molecule has 1 aliphatic rings. The standard InChI is InChI=1S/C12H15NO4S/c1-6-3-10(18-7(6)2)11(15)13-5-8(14)4-9(13)12(16)17/h3,8-9,14H,4-5H2,1-2H3,(H,16,17)/t8-,9-/m0/s1. The predicted octanol–water partition coefficient (Wildman–Crippen LogP) is 1.02. The number of carbonyl (C=O) groups excluding carboxylic acids is 1. The van der Waals surface area contributed by atoms with Gasteiger partial charge in [0.25, 0.3) is 5.91 Å². The van der Waals surface area contributed by atoms with E-state index >= 15 is 0 Å². The molecule has 0 bridgehead atoms. The average Bonchev–Trinajstić information content (AvgIpc) is 2.82. The van der Waals surface area contributed by atoms with Gasteiger partial charge in [-0.3, -0.25) is 4.79 Å². The number of nitrogens with zero attached hydrogens (tertiary/aromatic N) is 1. The molecule has 1 aromatic rings. The Morgan fingerprint density at radius 2 is 2.11 bits per heavy atom. The maximum atomic E-state index is 12.2. The van der Waals surface area contributed by atoms with Crippen LogP contribution in [0, 0.1) is 13.8 Å². The minimum atomic E-state index is -1.06. The molecule has 2 N–H and O–H groups in total. The molecule has 0 radical (unpaired) electrons. The highest BCUT2D eigenvalue weighted by Crippen LogP contribution is 2.26. The second-order valence-corrected chi connectivity index (χ2v) is 5.81. The van der Waals surface area contributed by atoms with Crippen LogP contribution in [0.2, 0.25) is 0 Å². The van der Waals surface area contributed by atoms with Crippen LogP contribution in [-0.4, -0.2) is 45.7 Å². The number of hydrogen-bond acceptors (Lipinski definition) is 4. The molecule has 0 unspecified atom stereocenters. The van der Waals surface area contributed by atoms with Crippen molar-refractivity contribution in [1.29, 1.82) is 0 Å². The van der Waals surface area contributed by atoms with E-state index in [9.17, 15) is 14.7 Å². The van der Waals surface area contributed by atoms with Gasteiger partial charge >= 0.3 is 5.97 Å². The Hall–Kier alpha value is -1.40. The third-order valence-corrected chi connectivity index (χ3v) is 4.34. The van der Waals surface area contributed by atoms with Crippen LogP contribution in [0.15, 0.2) is 6.07 Å². The van der Waals surface area contributed by atoms with Crippen LogP contribution < -0.4 is 0 Å². The molecule has 0 aromatic carbocycles. The Kier molecular flexibility index (Phi) is 3.41. The van der Waals surface area contributed by atoms with Crippen LogP contribution in [0.25, 0.3) is 0 Å². The number of carboxylic acid groups (broad SMARTS) is 1. The highest BCUT2D eigenvalue weighted by atomic mass is 32.1. The molecule has 5 nitrogen and oxygen atoms in total. The Balaban J connectivity index is 2.25. The molecule has 0 aliphatic carbocycles. The summed E-state index contributed by atoms with van der Waals surface area (Å²) in [5.74, 6) is -1.37. The van der Waals surface area contributed by atoms with E-state index in [2.05, 4.69) is 0 Å². The summed E-state index contributed by atoms with van der Waals surface area (Å²) in [6, 6.07) is 0.849. The number of aliphatic carboxylic acids is 1. The van der Waals surface area contributed by atoms with Crippen molar-refractivity contribution in [1.82, 2.24) is 4.90 Å². The topological polar surface area (TPSA) is 77.8 Å². The van der Waals surface area contributed by atoms with Crippen LogP contribution in [0.3, 0.4) is 0 Å². The fourth-order valence-electron chi connectivity index (χ4n) is 2.09. The smallest absolute Gasteiger partial charge is 0.326 e. The van der Waals surface area contributed by atoms with Gasteiger partial charge in [0.15, 0.2) is 0 Å². The first-order valence-corrected chi connectivity index (χ1v) is 6.50. The van der Waals surface area contributed by atoms with Gasteiger partial charge in [-0.1, -0.05) is 0 Å². The van der Waals surface area contributed by atoms with Gasteiger partial charge in [0.2, 0.25) is 0 Å². The van der Waals surface area contributed by atoms with E-state index in [1.807, 2.05) is 13.8 Å². The fraction of sp³-hybridized carbons (Fsp3) is 0.500. The van der Waals surface area contributed by atoms with Crippen molar-refractivity contribution in [2.24, 2.45) is 0 Å². The summed E-state index contributed by atoms with van der Waals surface area (Å²) in [6.45, 7) is 3.92. The molecular weight excluding hydrogens is 254 g/mol. The second-order valence-electron chi connectivity index (χ2n) is 4.55. The molecule has 98 valence electrons. The molecule has 1 aromatic heterocycles. The van der Waals surface area contributed by atoms with E-state index in [4.69, 9.17) is 5.11 Å². The highest BCUT2D eigenvalue weighted by Gasteiger charge is 2.39. The van der Waals surface area contributed by atoms with E-state index in [1.165, 1.54) is 16.2 Å². The summed E-state index contributed by atoms with van der Waals surface area (Å²) < 4.78 is 0. The first-order chi connectivity index (χ1) is 8.40. The zero-order valence-corrected chi connectivity index (χ0v) is 11.0. The van der Waals surface area contributed by atoms with Crippen LogP contribution in [0.4, 0.5) is 0 Å². The number of amides is 1. The number of hydrogen-bond donors (Lipinski definition) is 2. The van der Waals surface area contributed by atoms with Gasteiger partial charge in [-0.15, -0.1) is 11.3 Å². The van der Waals surface area contributed by atoms with Gasteiger partial charge in [-0.2, -0.15) is 0 Å². The van der Waals surface area contributed by atoms with Gasteiger partial charge in [0.05, 0.1) is 11.0 Å². The summed E-state index contributed by atoms with van der Waals surface area (Å²) in [6.07, 6.45) is -0.651. The quantitative estimate of drug-likeness (QED) is 0.840. The van der Waals surface area contributed by atoms with Crippen LogP contribution >= 0.6 is 11.3 Å². The maximum absolute atomic E-state index is 12.2. The Morgan fingerprint density at radius 1 is 1.44 bits per heavy atom. The third kappa shape index (κ3) is 2.26. The third-order valence-electron chi connectivity index (χ3n) is 3.20. The molecule has 0 spiro atoms. The van der Waals surface area contributed by atoms with Crippen molar-refractivity contribution in [3.63, 3.8) is 0 Å². The number of aliphatic hydroxyl groups excluding tert-OH is 1. The SMILES string of the molecule is Cc1cc(C(=O)N2C[C@@H](O)C[C@H]2C(=O)O)sc1C. The molecule has 18 heavy (non-hydrogen) atoms. The average molecular weight is 269 g/mol. The number of likely N-dealkylation sites (tertiary alicyclic amines) is 1. The Labute approximate surface area is 109 Å². The minimum absolute atomic E-state index is 0.0891. The molecule has 1 aliphatic heterocycles. The number of thiophene rings is 1. The van der Waals surface area contributed by atoms with Crippen molar-refractivity contribution in [2.75, 3.05) is 6.54 Å². The van der Waals surface area contributed by atoms with Gasteiger partial charge in [-0.05, 0) is 25.5 Å². The molecule has 6 heteroatoms. The summed E-state index contributed by atoms with van der Waals surface area (Å²) in [7, 11) is 0. The maximum Gasteiger partial charge on any atom is 0.326 e. The van der Waals surface area contributed by atoms with Crippen molar-refractivity contribution >= 4 is 23.2 Å². The normalized spacial score (nSPS) is 23.4. The molecule has 1 saturated heterocycles. The minimum Gasteiger partial charge on any atom is -0.480 e. The van der Waals surface area contributed by atoms with Gasteiger partial charge in [-0.25, -0.2) is 4.79 Å². The predicted molar refractivity (Wildman–Crippen MR) is 66.9 cm³/mol. The van der Waals surface area contributed by atoms with E-state index in [-0.39, 0.29) is 18.9 Å². The molecule has 2 heterocycles. The van der Waals surface area contributed by atoms with Crippen molar-refractivity contribution in [3.8, 4) is 0 Å². The number of β-amino-alcohol motifs (C(OH)–C–C–N with tert-alkyl or cyclic N) is 1. The zero-order valence-electron chi connectivity index (χ0n) is 10.2. The summed E-state index contributed by atoms with van der Waals surface area (Å²) in [5.41, 5.74) is 1.02. The summed E-state index contributed by atoms with van der Waals surface area (Å²) in [4.78, 5) is 26.1. The molecule has 1 amide bonds. The van der Waals surface area contributed by atoms with Gasteiger partial charge < -0.3 is 15.1 Å². The lowest BCUT2D eigenvalue weighted by Crippen LogP contribution is -2.40. The van der Waals surface area contributed by atoms with Gasteiger partial charge in [0, 0.05) is 17.8 Å². The van der Waals surface area contributed by atoms with Crippen LogP contribution in [0.1, 0.15) is 26.5 Å². The molecule has 0 saturated carbocycles. The lowest BCUT2D eigenvalue weighted by atomic mass is 10.2. The van der Waals surface area contributed by atoms with E-state index in [1.54, 1.807) is 6.07 Å². The molecular formula is C12H15NO4S. The van der Waals surface area contributed by atoms with Crippen molar-refractivity contribution in [3.05, 3.63) is 21.4 Å². The number of carbonyl (C=O) groups is 2. The first-order valence-electron chi connectivity index (χ1n) is 5.69. The number of aryl methyl sites for hydroxylation is 2. The highest BCUT2D eigenvalue weighted by molar-refractivity contribution is 7.14. The molecule has 1 fully saturated rings. The van der Waals surface area contributed by atoms with Crippen molar-refractivity contribution in [2.45, 2.75) is 32.4 Å². The van der Waals surface area contributed by atoms with Gasteiger partial charge in [0.1, 0.15) is 6.04 Å². The monoisotopic (exact) mass is 269 g/mol. The molecule has 2 rings (SSSR count). The van der Waals surface area contributed by atoms with Crippen LogP contribution in [-0.2, 0) is 4.79 Å². The fourth-order valence-corrected chi connectivity index (χ4v) is 3.08. The Bertz CT molecular complexity index is 477. The largest absolute Gasteiger partial charge is 0.480 e. The van der Waals surface area contributed by atoms with E-state index < -0.39 is 18.1 Å². The summed E-state index contributed by atoms with van der Waals surface area (Å²) in [5, 5.41) is 18.6. The Morgan fingerprint density at radius 3 is 2.61 bits per heavy atom. The summed E-state index contributed by atoms with van der Waals surface area (Å²) >= 11 is 1.36. The van der Waals surface area contributed by atoms with Crippen molar-refractivity contribution < 1.29 is 19.8 Å².